The summed E-state index contributed by atoms with van der Waals surface area (Å²) in [5.74, 6) is -1.49. The fourth-order valence-corrected chi connectivity index (χ4v) is 2.17. The molecular formula is C18H17NO5. The minimum atomic E-state index is -0.609. The Labute approximate surface area is 139 Å². The molecule has 6 nitrogen and oxygen atoms in total. The van der Waals surface area contributed by atoms with Crippen molar-refractivity contribution in [3.63, 3.8) is 0 Å². The molecule has 2 aromatic carbocycles. The largest absolute Gasteiger partial charge is 0.465 e. The molecule has 0 aromatic heterocycles. The van der Waals surface area contributed by atoms with Crippen LogP contribution in [0.2, 0.25) is 0 Å². The summed E-state index contributed by atoms with van der Waals surface area (Å²) in [4.78, 5) is 37.5. The molecule has 0 bridgehead atoms. The van der Waals surface area contributed by atoms with Gasteiger partial charge in [0, 0.05) is 18.3 Å². The van der Waals surface area contributed by atoms with Crippen molar-refractivity contribution < 1.29 is 23.9 Å². The number of hydrogen-bond donors (Lipinski definition) is 0. The zero-order valence-corrected chi connectivity index (χ0v) is 13.6. The molecule has 0 unspecified atom stereocenters. The summed E-state index contributed by atoms with van der Waals surface area (Å²) in [7, 11) is 4.05. The third-order valence-electron chi connectivity index (χ3n) is 3.47. The summed E-state index contributed by atoms with van der Waals surface area (Å²) in [5.41, 5.74) is 1.18. The molecule has 0 saturated carbocycles. The van der Waals surface area contributed by atoms with Crippen molar-refractivity contribution in [2.75, 3.05) is 26.2 Å². The molecule has 2 rings (SSSR count). The molecule has 6 heteroatoms. The van der Waals surface area contributed by atoms with Gasteiger partial charge in [-0.15, -0.1) is 0 Å². The minimum Gasteiger partial charge on any atom is -0.465 e. The van der Waals surface area contributed by atoms with E-state index in [9.17, 15) is 14.4 Å². The Morgan fingerprint density at radius 2 is 1.29 bits per heavy atom. The zero-order valence-electron chi connectivity index (χ0n) is 13.6. The number of nitrogens with zero attached hydrogens (tertiary/aromatic N) is 1. The maximum absolute atomic E-state index is 12.5. The predicted molar refractivity (Wildman–Crippen MR) is 88.3 cm³/mol. The van der Waals surface area contributed by atoms with Crippen LogP contribution in [0.1, 0.15) is 31.1 Å². The van der Waals surface area contributed by atoms with E-state index in [4.69, 9.17) is 9.47 Å². The van der Waals surface area contributed by atoms with Crippen molar-refractivity contribution in [3.8, 4) is 0 Å². The topological polar surface area (TPSA) is 72.9 Å². The van der Waals surface area contributed by atoms with E-state index in [1.54, 1.807) is 31.3 Å². The third-order valence-corrected chi connectivity index (χ3v) is 3.47. The third kappa shape index (κ3) is 3.60. The van der Waals surface area contributed by atoms with Crippen molar-refractivity contribution in [2.24, 2.45) is 0 Å². The van der Waals surface area contributed by atoms with Crippen LogP contribution in [0.25, 0.3) is 0 Å². The second-order valence-corrected chi connectivity index (χ2v) is 4.98. The van der Waals surface area contributed by atoms with Crippen LogP contribution < -0.4 is 4.90 Å². The average molecular weight is 327 g/mol. The van der Waals surface area contributed by atoms with Crippen molar-refractivity contribution >= 4 is 23.5 Å². The van der Waals surface area contributed by atoms with Gasteiger partial charge in [-0.1, -0.05) is 18.2 Å². The van der Waals surface area contributed by atoms with Gasteiger partial charge >= 0.3 is 11.9 Å². The smallest absolute Gasteiger partial charge is 0.337 e. The SMILES string of the molecule is COC(=O)c1cc(C(=O)OC)cc(N(C)C(=O)c2ccccc2)c1. The predicted octanol–water partition coefficient (Wildman–Crippen LogP) is 2.54. The zero-order chi connectivity index (χ0) is 17.7. The molecule has 0 N–H and O–H groups in total. The van der Waals surface area contributed by atoms with Gasteiger partial charge in [-0.05, 0) is 30.3 Å². The van der Waals surface area contributed by atoms with Crippen LogP contribution in [0, 0.1) is 0 Å². The van der Waals surface area contributed by atoms with Crippen molar-refractivity contribution in [2.45, 2.75) is 0 Å². The average Bonchev–Trinajstić information content (AvgIpc) is 2.65. The summed E-state index contributed by atoms with van der Waals surface area (Å²) in [6.07, 6.45) is 0. The van der Waals surface area contributed by atoms with Gasteiger partial charge in [0.15, 0.2) is 0 Å². The number of rotatable bonds is 4. The Morgan fingerprint density at radius 3 is 1.75 bits per heavy atom. The minimum absolute atomic E-state index is 0.156. The fourth-order valence-electron chi connectivity index (χ4n) is 2.17. The lowest BCUT2D eigenvalue weighted by molar-refractivity contribution is 0.0598. The maximum Gasteiger partial charge on any atom is 0.337 e. The molecule has 0 atom stereocenters. The highest BCUT2D eigenvalue weighted by Crippen LogP contribution is 2.21. The first-order chi connectivity index (χ1) is 11.5. The highest BCUT2D eigenvalue weighted by Gasteiger charge is 2.19. The number of anilines is 1. The van der Waals surface area contributed by atoms with Crippen LogP contribution in [0.4, 0.5) is 5.69 Å². The van der Waals surface area contributed by atoms with Gasteiger partial charge in [0.2, 0.25) is 0 Å². The highest BCUT2D eigenvalue weighted by atomic mass is 16.5. The summed E-state index contributed by atoms with van der Waals surface area (Å²) >= 11 is 0. The number of ether oxygens (including phenoxy) is 2. The van der Waals surface area contributed by atoms with Gasteiger partial charge in [-0.25, -0.2) is 9.59 Å². The van der Waals surface area contributed by atoms with Crippen molar-refractivity contribution in [1.82, 2.24) is 0 Å². The van der Waals surface area contributed by atoms with Gasteiger partial charge in [0.05, 0.1) is 25.3 Å². The molecule has 2 aromatic rings. The van der Waals surface area contributed by atoms with E-state index in [0.29, 0.717) is 11.3 Å². The van der Waals surface area contributed by atoms with Crippen LogP contribution in [0.3, 0.4) is 0 Å². The van der Waals surface area contributed by atoms with Crippen molar-refractivity contribution in [3.05, 3.63) is 65.2 Å². The molecule has 0 heterocycles. The maximum atomic E-state index is 12.5. The van der Waals surface area contributed by atoms with Gasteiger partial charge in [-0.2, -0.15) is 0 Å². The number of methoxy groups -OCH3 is 2. The fraction of sp³-hybridized carbons (Fsp3) is 0.167. The number of hydrogen-bond acceptors (Lipinski definition) is 5. The molecule has 124 valence electrons. The monoisotopic (exact) mass is 327 g/mol. The summed E-state index contributed by atoms with van der Waals surface area (Å²) in [5, 5.41) is 0. The second kappa shape index (κ2) is 7.41. The second-order valence-electron chi connectivity index (χ2n) is 4.98. The van der Waals surface area contributed by atoms with Gasteiger partial charge in [-0.3, -0.25) is 4.79 Å². The first-order valence-corrected chi connectivity index (χ1v) is 7.12. The Hall–Kier alpha value is -3.15. The van der Waals surface area contributed by atoms with E-state index in [0.717, 1.165) is 0 Å². The molecule has 0 saturated heterocycles. The highest BCUT2D eigenvalue weighted by molar-refractivity contribution is 6.07. The Balaban J connectivity index is 2.46. The Kier molecular flexibility index (Phi) is 5.31. The molecular weight excluding hydrogens is 310 g/mol. The standard InChI is InChI=1S/C18H17NO5/c1-19(16(20)12-7-5-4-6-8-12)15-10-13(17(21)23-2)9-14(11-15)18(22)24-3/h4-11H,1-3H3. The van der Waals surface area contributed by atoms with E-state index in [1.807, 2.05) is 6.07 Å². The molecule has 0 aliphatic carbocycles. The van der Waals surface area contributed by atoms with E-state index in [2.05, 4.69) is 0 Å². The number of esters is 2. The number of benzene rings is 2. The number of carbonyl (C=O) groups excluding carboxylic acids is 3. The lowest BCUT2D eigenvalue weighted by Gasteiger charge is -2.19. The van der Waals surface area contributed by atoms with Crippen LogP contribution in [0.5, 0.6) is 0 Å². The molecule has 0 aliphatic rings. The van der Waals surface area contributed by atoms with Crippen LogP contribution in [0.15, 0.2) is 48.5 Å². The Morgan fingerprint density at radius 1 is 0.792 bits per heavy atom. The molecule has 0 fully saturated rings. The molecule has 0 aliphatic heterocycles. The van der Waals surface area contributed by atoms with Crippen molar-refractivity contribution in [1.29, 1.82) is 0 Å². The summed E-state index contributed by atoms with van der Waals surface area (Å²) in [6, 6.07) is 13.0. The normalized spacial score (nSPS) is 9.96. The van der Waals surface area contributed by atoms with Crippen LogP contribution >= 0.6 is 0 Å². The van der Waals surface area contributed by atoms with E-state index in [1.165, 1.54) is 37.3 Å². The molecule has 1 amide bonds. The quantitative estimate of drug-likeness (QED) is 0.807. The van der Waals surface area contributed by atoms with Crippen LogP contribution in [-0.4, -0.2) is 39.1 Å². The number of carbonyl (C=O) groups is 3. The lowest BCUT2D eigenvalue weighted by atomic mass is 10.1. The van der Waals surface area contributed by atoms with Gasteiger partial charge < -0.3 is 14.4 Å². The first-order valence-electron chi connectivity index (χ1n) is 7.12. The van der Waals surface area contributed by atoms with E-state index < -0.39 is 11.9 Å². The lowest BCUT2D eigenvalue weighted by Crippen LogP contribution is -2.26. The number of amides is 1. The summed E-state index contributed by atoms with van der Waals surface area (Å²) < 4.78 is 9.38. The Bertz CT molecular complexity index is 736. The summed E-state index contributed by atoms with van der Waals surface area (Å²) in [6.45, 7) is 0. The first kappa shape index (κ1) is 17.2. The molecule has 0 radical (unpaired) electrons. The van der Waals surface area contributed by atoms with Gasteiger partial charge in [0.25, 0.3) is 5.91 Å². The molecule has 24 heavy (non-hydrogen) atoms. The van der Waals surface area contributed by atoms with Crippen LogP contribution in [-0.2, 0) is 9.47 Å². The van der Waals surface area contributed by atoms with E-state index in [-0.39, 0.29) is 17.0 Å². The molecule has 0 spiro atoms. The van der Waals surface area contributed by atoms with E-state index >= 15 is 0 Å². The van der Waals surface area contributed by atoms with Gasteiger partial charge in [0.1, 0.15) is 0 Å².